The van der Waals surface area contributed by atoms with Crippen LogP contribution in [-0.4, -0.2) is 64.3 Å². The molecule has 2 atom stereocenters. The molecule has 4 aromatic rings. The normalized spacial score (nSPS) is 16.9. The molecule has 238 valence electrons. The summed E-state index contributed by atoms with van der Waals surface area (Å²) in [5, 5.41) is 0. The van der Waals surface area contributed by atoms with E-state index in [1.54, 1.807) is 0 Å². The van der Waals surface area contributed by atoms with Gasteiger partial charge in [0.25, 0.3) is 0 Å². The third kappa shape index (κ3) is 11.1. The molecule has 2 aliphatic rings. The van der Waals surface area contributed by atoms with Crippen LogP contribution in [0.1, 0.15) is 36.8 Å². The maximum absolute atomic E-state index is 5.92. The molecule has 2 unspecified atom stereocenters. The molecule has 0 aromatic heterocycles. The Morgan fingerprint density at radius 1 is 0.478 bits per heavy atom. The number of hydrogen-bond acceptors (Lipinski definition) is 8. The molecule has 0 aliphatic carbocycles. The Morgan fingerprint density at radius 2 is 0.826 bits per heavy atom. The van der Waals surface area contributed by atoms with E-state index < -0.39 is 0 Å². The van der Waals surface area contributed by atoms with Gasteiger partial charge in [-0.2, -0.15) is 0 Å². The van der Waals surface area contributed by atoms with Gasteiger partial charge in [0, 0.05) is 12.4 Å². The molecule has 2 heterocycles. The van der Waals surface area contributed by atoms with Crippen molar-refractivity contribution in [1.82, 2.24) is 0 Å². The highest BCUT2D eigenvalue weighted by molar-refractivity contribution is 5.82. The van der Waals surface area contributed by atoms with Crippen LogP contribution in [0, 0.1) is 0 Å². The van der Waals surface area contributed by atoms with E-state index in [2.05, 4.69) is 9.98 Å². The van der Waals surface area contributed by atoms with Gasteiger partial charge in [0.1, 0.15) is 48.4 Å². The van der Waals surface area contributed by atoms with Gasteiger partial charge >= 0.3 is 0 Å². The molecule has 0 bridgehead atoms. The Bertz CT molecular complexity index is 1410. The van der Waals surface area contributed by atoms with Gasteiger partial charge in [-0.25, -0.2) is 0 Å². The number of ether oxygens (including phenoxy) is 6. The number of nitrogens with zero attached hydrogens (tertiary/aromatic N) is 2. The van der Waals surface area contributed by atoms with Crippen molar-refractivity contribution in [2.24, 2.45) is 9.98 Å². The van der Waals surface area contributed by atoms with Crippen LogP contribution >= 0.6 is 0 Å². The maximum atomic E-state index is 5.92. The van der Waals surface area contributed by atoms with Gasteiger partial charge in [-0.05, 0) is 134 Å². The van der Waals surface area contributed by atoms with E-state index in [0.29, 0.717) is 26.4 Å². The van der Waals surface area contributed by atoms with Crippen LogP contribution in [0.4, 0.5) is 11.4 Å². The van der Waals surface area contributed by atoms with Crippen molar-refractivity contribution >= 4 is 23.8 Å². The molecule has 0 N–H and O–H groups in total. The van der Waals surface area contributed by atoms with Gasteiger partial charge in [-0.1, -0.05) is 0 Å². The summed E-state index contributed by atoms with van der Waals surface area (Å²) in [6.45, 7) is 4.20. The lowest BCUT2D eigenvalue weighted by Gasteiger charge is -2.08. The quantitative estimate of drug-likeness (QED) is 0.0605. The predicted molar refractivity (Wildman–Crippen MR) is 180 cm³/mol. The average Bonchev–Trinajstić information content (AvgIpc) is 4.04. The molecule has 0 spiro atoms. The number of rotatable bonds is 19. The highest BCUT2D eigenvalue weighted by atomic mass is 16.6. The number of unbranched alkanes of at least 4 members (excludes halogenated alkanes) is 3. The predicted octanol–water partition coefficient (Wildman–Crippen LogP) is 7.76. The van der Waals surface area contributed by atoms with Crippen LogP contribution in [0.15, 0.2) is 107 Å². The third-order valence-electron chi connectivity index (χ3n) is 7.41. The Morgan fingerprint density at radius 3 is 1.20 bits per heavy atom. The third-order valence-corrected chi connectivity index (χ3v) is 7.41. The van der Waals surface area contributed by atoms with Crippen LogP contribution in [0.2, 0.25) is 0 Å². The zero-order valence-corrected chi connectivity index (χ0v) is 26.0. The summed E-state index contributed by atoms with van der Waals surface area (Å²) in [5.41, 5.74) is 3.80. The van der Waals surface area contributed by atoms with Crippen molar-refractivity contribution in [3.8, 4) is 23.0 Å². The van der Waals surface area contributed by atoms with Gasteiger partial charge in [0.15, 0.2) is 0 Å². The van der Waals surface area contributed by atoms with Gasteiger partial charge in [0.2, 0.25) is 0 Å². The molecule has 8 nitrogen and oxygen atoms in total. The van der Waals surface area contributed by atoms with Crippen molar-refractivity contribution in [2.45, 2.75) is 37.9 Å². The van der Waals surface area contributed by atoms with E-state index in [1.165, 1.54) is 0 Å². The Balaban J connectivity index is 0.801. The molecule has 0 saturated carbocycles. The van der Waals surface area contributed by atoms with Gasteiger partial charge in [-0.3, -0.25) is 9.98 Å². The van der Waals surface area contributed by atoms with Crippen molar-refractivity contribution in [2.75, 3.05) is 39.6 Å². The van der Waals surface area contributed by atoms with E-state index in [9.17, 15) is 0 Å². The number of hydrogen-bond donors (Lipinski definition) is 0. The van der Waals surface area contributed by atoms with Crippen molar-refractivity contribution in [3.05, 3.63) is 108 Å². The summed E-state index contributed by atoms with van der Waals surface area (Å²) in [6, 6.07) is 31.5. The molecule has 0 radical (unpaired) electrons. The maximum Gasteiger partial charge on any atom is 0.119 e. The van der Waals surface area contributed by atoms with E-state index >= 15 is 0 Å². The molecule has 2 aliphatic heterocycles. The van der Waals surface area contributed by atoms with Crippen LogP contribution in [-0.2, 0) is 9.47 Å². The molecular formula is C38H40N2O6. The first-order valence-electron chi connectivity index (χ1n) is 16.0. The van der Waals surface area contributed by atoms with Gasteiger partial charge in [0.05, 0.1) is 37.8 Å². The monoisotopic (exact) mass is 620 g/mol. The standard InChI is InChI=1S/C38H40N2O6/c1(3-21-41-33-13-5-29(6-14-33)23-39-31-9-17-35(18-10-31)43-25-37-27-45-37)2-4-22-42-34-15-7-30(8-16-34)24-40-32-11-19-36(20-12-32)44-26-38-28-46-38/h5-20,23-24,37-38H,1-4,21-22,25-28H2. The smallest absolute Gasteiger partial charge is 0.119 e. The summed E-state index contributed by atoms with van der Waals surface area (Å²) in [5.74, 6) is 3.41. The summed E-state index contributed by atoms with van der Waals surface area (Å²) in [6.07, 6.45) is 8.44. The lowest BCUT2D eigenvalue weighted by atomic mass is 10.2. The fourth-order valence-electron chi connectivity index (χ4n) is 4.50. The van der Waals surface area contributed by atoms with Crippen molar-refractivity contribution < 1.29 is 28.4 Å². The molecule has 0 amide bonds. The average molecular weight is 621 g/mol. The van der Waals surface area contributed by atoms with Gasteiger partial charge in [-0.15, -0.1) is 0 Å². The lowest BCUT2D eigenvalue weighted by Crippen LogP contribution is -2.03. The summed E-state index contributed by atoms with van der Waals surface area (Å²) >= 11 is 0. The van der Waals surface area contributed by atoms with Crippen LogP contribution < -0.4 is 18.9 Å². The number of aliphatic imine (C=N–C) groups is 2. The largest absolute Gasteiger partial charge is 0.494 e. The Labute approximate surface area is 270 Å². The fourth-order valence-corrected chi connectivity index (χ4v) is 4.50. The molecule has 8 heteroatoms. The van der Waals surface area contributed by atoms with E-state index in [4.69, 9.17) is 28.4 Å². The molecule has 4 aromatic carbocycles. The van der Waals surface area contributed by atoms with E-state index in [0.717, 1.165) is 84.4 Å². The second-order valence-corrected chi connectivity index (χ2v) is 11.3. The second-order valence-electron chi connectivity index (χ2n) is 11.3. The van der Waals surface area contributed by atoms with Crippen LogP contribution in [0.25, 0.3) is 0 Å². The second kappa shape index (κ2) is 16.6. The highest BCUT2D eigenvalue weighted by Gasteiger charge is 2.23. The summed E-state index contributed by atoms with van der Waals surface area (Å²) in [7, 11) is 0. The first-order chi connectivity index (χ1) is 22.7. The minimum absolute atomic E-state index is 0.253. The zero-order chi connectivity index (χ0) is 31.2. The lowest BCUT2D eigenvalue weighted by molar-refractivity contribution is 0.263. The number of benzene rings is 4. The van der Waals surface area contributed by atoms with Crippen LogP contribution in [0.5, 0.6) is 23.0 Å². The molecular weight excluding hydrogens is 580 g/mol. The van der Waals surface area contributed by atoms with Crippen molar-refractivity contribution in [3.63, 3.8) is 0 Å². The highest BCUT2D eigenvalue weighted by Crippen LogP contribution is 2.22. The van der Waals surface area contributed by atoms with Crippen LogP contribution in [0.3, 0.4) is 0 Å². The summed E-state index contributed by atoms with van der Waals surface area (Å²) in [4.78, 5) is 9.10. The van der Waals surface area contributed by atoms with E-state index in [-0.39, 0.29) is 12.2 Å². The SMILES string of the molecule is C(=Nc1ccc(OCC2CO2)cc1)c1ccc(OCCCCCCOc2ccc(C=Nc3ccc(OCC4CO4)cc3)cc2)cc1. The van der Waals surface area contributed by atoms with Crippen molar-refractivity contribution in [1.29, 1.82) is 0 Å². The Hall–Kier alpha value is -4.66. The minimum atomic E-state index is 0.253. The molecule has 2 fully saturated rings. The molecule has 2 saturated heterocycles. The molecule has 6 rings (SSSR count). The van der Waals surface area contributed by atoms with E-state index in [1.807, 2.05) is 109 Å². The summed E-state index contributed by atoms with van der Waals surface area (Å²) < 4.78 is 33.5. The fraction of sp³-hybridized carbons (Fsp3) is 0.316. The zero-order valence-electron chi connectivity index (χ0n) is 26.0. The Kier molecular flexibility index (Phi) is 11.3. The minimum Gasteiger partial charge on any atom is -0.494 e. The number of epoxide rings is 2. The molecule has 46 heavy (non-hydrogen) atoms. The first kappa shape index (κ1) is 31.3. The first-order valence-corrected chi connectivity index (χ1v) is 16.0. The topological polar surface area (TPSA) is 86.7 Å². The van der Waals surface area contributed by atoms with Gasteiger partial charge < -0.3 is 28.4 Å².